The number of benzene rings is 1. The van der Waals surface area contributed by atoms with E-state index < -0.39 is 18.2 Å². The lowest BCUT2D eigenvalue weighted by Crippen LogP contribution is -2.61. The predicted molar refractivity (Wildman–Crippen MR) is 151 cm³/mol. The summed E-state index contributed by atoms with van der Waals surface area (Å²) in [6.45, 7) is 12.3. The highest BCUT2D eigenvalue weighted by atomic mass is 16.5. The summed E-state index contributed by atoms with van der Waals surface area (Å²) in [5.74, 6) is -0.879. The van der Waals surface area contributed by atoms with Crippen molar-refractivity contribution in [3.8, 4) is 0 Å². The second kappa shape index (κ2) is 11.8. The van der Waals surface area contributed by atoms with Gasteiger partial charge in [0.25, 0.3) is 5.91 Å². The molecule has 0 saturated carbocycles. The number of hydrogen-bond donors (Lipinski definition) is 3. The molecule has 9 nitrogen and oxygen atoms in total. The van der Waals surface area contributed by atoms with E-state index in [0.29, 0.717) is 26.0 Å². The summed E-state index contributed by atoms with van der Waals surface area (Å²) in [5.41, 5.74) is 4.51. The Labute approximate surface area is 230 Å². The first-order valence-corrected chi connectivity index (χ1v) is 13.8. The van der Waals surface area contributed by atoms with Gasteiger partial charge >= 0.3 is 0 Å². The molecule has 39 heavy (non-hydrogen) atoms. The van der Waals surface area contributed by atoms with Gasteiger partial charge in [0.2, 0.25) is 11.8 Å². The quantitative estimate of drug-likeness (QED) is 0.515. The summed E-state index contributed by atoms with van der Waals surface area (Å²) in [4.78, 5) is 44.1. The molecule has 1 saturated heterocycles. The van der Waals surface area contributed by atoms with Crippen LogP contribution in [0.25, 0.3) is 16.8 Å². The maximum Gasteiger partial charge on any atom is 0.258 e. The van der Waals surface area contributed by atoms with Gasteiger partial charge in [-0.05, 0) is 61.8 Å². The number of hydrazine groups is 1. The Morgan fingerprint density at radius 3 is 2.51 bits per heavy atom. The van der Waals surface area contributed by atoms with Crippen molar-refractivity contribution in [2.24, 2.45) is 11.3 Å². The predicted octanol–water partition coefficient (Wildman–Crippen LogP) is 3.51. The van der Waals surface area contributed by atoms with Crippen molar-refractivity contribution >= 4 is 34.6 Å². The van der Waals surface area contributed by atoms with E-state index in [0.717, 1.165) is 22.0 Å². The third-order valence-electron chi connectivity index (χ3n) is 7.33. The Bertz CT molecular complexity index is 1260. The third-order valence-corrected chi connectivity index (χ3v) is 7.33. The first-order valence-electron chi connectivity index (χ1n) is 13.8. The van der Waals surface area contributed by atoms with Crippen LogP contribution in [-0.2, 0) is 19.1 Å². The Morgan fingerprint density at radius 1 is 1.03 bits per heavy atom. The van der Waals surface area contributed by atoms with Crippen LogP contribution < -0.4 is 16.1 Å². The molecule has 210 valence electrons. The molecule has 1 aromatic heterocycles. The summed E-state index contributed by atoms with van der Waals surface area (Å²) in [6, 6.07) is 6.57. The van der Waals surface area contributed by atoms with E-state index in [1.165, 1.54) is 5.01 Å². The van der Waals surface area contributed by atoms with E-state index in [9.17, 15) is 14.4 Å². The Kier molecular flexibility index (Phi) is 8.71. The number of pyridine rings is 1. The monoisotopic (exact) mass is 535 g/mol. The summed E-state index contributed by atoms with van der Waals surface area (Å²) >= 11 is 0. The molecular formula is C30H41N5O4. The molecule has 3 heterocycles. The second-order valence-electron chi connectivity index (χ2n) is 11.8. The fraction of sp³-hybridized carbons (Fsp3) is 0.533. The van der Waals surface area contributed by atoms with Crippen molar-refractivity contribution in [1.82, 2.24) is 26.1 Å². The Balaban J connectivity index is 1.67. The lowest BCUT2D eigenvalue weighted by molar-refractivity contribution is -0.146. The molecule has 2 aromatic rings. The molecule has 2 aliphatic rings. The van der Waals surface area contributed by atoms with Gasteiger partial charge in [0, 0.05) is 23.5 Å². The maximum absolute atomic E-state index is 13.2. The lowest BCUT2D eigenvalue weighted by Gasteiger charge is -2.35. The second-order valence-corrected chi connectivity index (χ2v) is 11.8. The zero-order valence-electron chi connectivity index (χ0n) is 23.8. The summed E-state index contributed by atoms with van der Waals surface area (Å²) in [5, 5.41) is 9.41. The van der Waals surface area contributed by atoms with Gasteiger partial charge in [0.15, 0.2) is 0 Å². The molecular weight excluding hydrogens is 494 g/mol. The van der Waals surface area contributed by atoms with Crippen LogP contribution in [0.3, 0.4) is 0 Å². The number of carbonyl (C=O) groups excluding carboxylic acids is 3. The number of fused-ring (bicyclic) bond motifs is 4. The first kappa shape index (κ1) is 28.7. The molecule has 0 aliphatic carbocycles. The van der Waals surface area contributed by atoms with Crippen LogP contribution in [0.1, 0.15) is 71.7 Å². The van der Waals surface area contributed by atoms with Crippen molar-refractivity contribution in [2.75, 3.05) is 13.2 Å². The average Bonchev–Trinajstić information content (AvgIpc) is 2.90. The van der Waals surface area contributed by atoms with Gasteiger partial charge < -0.3 is 15.4 Å². The number of nitrogens with one attached hydrogen (secondary N) is 3. The molecule has 4 atom stereocenters. The normalized spacial score (nSPS) is 26.9. The van der Waals surface area contributed by atoms with Crippen LogP contribution >= 0.6 is 0 Å². The molecule has 3 amide bonds. The minimum atomic E-state index is -0.776. The number of carbonyl (C=O) groups is 3. The minimum absolute atomic E-state index is 0.0896. The highest BCUT2D eigenvalue weighted by Crippen LogP contribution is 2.25. The number of rotatable bonds is 1. The Morgan fingerprint density at radius 2 is 1.77 bits per heavy atom. The van der Waals surface area contributed by atoms with Gasteiger partial charge in [-0.2, -0.15) is 0 Å². The molecule has 9 heteroatoms. The van der Waals surface area contributed by atoms with Crippen LogP contribution in [-0.4, -0.2) is 59.1 Å². The largest absolute Gasteiger partial charge is 0.367 e. The van der Waals surface area contributed by atoms with E-state index in [4.69, 9.17) is 4.74 Å². The lowest BCUT2D eigenvalue weighted by atomic mass is 9.93. The number of nitrogens with zero attached hydrogens (tertiary/aromatic N) is 2. The van der Waals surface area contributed by atoms with Crippen LogP contribution in [0.4, 0.5) is 0 Å². The number of hydrogen-bond acceptors (Lipinski definition) is 6. The third kappa shape index (κ3) is 7.02. The number of ether oxygens (including phenoxy) is 1. The van der Waals surface area contributed by atoms with E-state index >= 15 is 0 Å². The SMILES string of the molecule is CC1NC(=O)C(C(C)C)OCC(C)(C)C=Cc2cc3cc(ccc3cn2)C(C)NC(=O)C2CCCN(N2)C1=O. The summed E-state index contributed by atoms with van der Waals surface area (Å²) < 4.78 is 6.12. The van der Waals surface area contributed by atoms with Crippen molar-refractivity contribution in [1.29, 1.82) is 0 Å². The number of aromatic nitrogens is 1. The zero-order valence-corrected chi connectivity index (χ0v) is 23.8. The molecule has 0 spiro atoms. The molecule has 3 N–H and O–H groups in total. The molecule has 4 unspecified atom stereocenters. The topological polar surface area (TPSA) is 113 Å². The van der Waals surface area contributed by atoms with Crippen LogP contribution in [0, 0.1) is 11.3 Å². The molecule has 1 aromatic carbocycles. The van der Waals surface area contributed by atoms with Crippen molar-refractivity contribution in [3.63, 3.8) is 0 Å². The average molecular weight is 536 g/mol. The van der Waals surface area contributed by atoms with Gasteiger partial charge in [-0.15, -0.1) is 0 Å². The molecule has 1 fully saturated rings. The van der Waals surface area contributed by atoms with Crippen LogP contribution in [0.15, 0.2) is 36.5 Å². The minimum Gasteiger partial charge on any atom is -0.367 e. The molecule has 0 radical (unpaired) electrons. The van der Waals surface area contributed by atoms with Crippen molar-refractivity contribution < 1.29 is 19.1 Å². The molecule has 4 rings (SSSR count). The zero-order chi connectivity index (χ0) is 28.3. The van der Waals surface area contributed by atoms with Crippen molar-refractivity contribution in [2.45, 2.75) is 78.6 Å². The Hall–Kier alpha value is -3.30. The van der Waals surface area contributed by atoms with Gasteiger partial charge in [-0.3, -0.25) is 24.4 Å². The molecule has 2 aliphatic heterocycles. The van der Waals surface area contributed by atoms with Gasteiger partial charge in [0.05, 0.1) is 18.3 Å². The highest BCUT2D eigenvalue weighted by Gasteiger charge is 2.33. The smallest absolute Gasteiger partial charge is 0.258 e. The first-order chi connectivity index (χ1) is 18.4. The maximum atomic E-state index is 13.2. The van der Waals surface area contributed by atoms with Crippen molar-refractivity contribution in [3.05, 3.63) is 47.8 Å². The molecule has 5 bridgehead atoms. The van der Waals surface area contributed by atoms with Crippen LogP contribution in [0.2, 0.25) is 0 Å². The highest BCUT2D eigenvalue weighted by molar-refractivity contribution is 5.90. The fourth-order valence-corrected chi connectivity index (χ4v) is 4.89. The van der Waals surface area contributed by atoms with Gasteiger partial charge in [0.1, 0.15) is 18.2 Å². The van der Waals surface area contributed by atoms with E-state index in [1.54, 1.807) is 6.92 Å². The number of amides is 3. The van der Waals surface area contributed by atoms with E-state index in [2.05, 4.69) is 27.1 Å². The summed E-state index contributed by atoms with van der Waals surface area (Å²) in [7, 11) is 0. The van der Waals surface area contributed by atoms with E-state index in [-0.39, 0.29) is 35.1 Å². The van der Waals surface area contributed by atoms with Gasteiger partial charge in [-0.1, -0.05) is 45.9 Å². The standard InChI is InChI=1S/C30H41N5O4/c1-18(2)26-28(37)33-20(4)29(38)35-13-7-8-25(34-35)27(36)32-19(3)21-9-10-22-16-31-24(15-23(22)14-21)11-12-30(5,6)17-39-26/h9-12,14-16,18-20,25-26,34H,7-8,13,17H2,1-6H3,(H,32,36)(H,33,37). The van der Waals surface area contributed by atoms with Gasteiger partial charge in [-0.25, -0.2) is 5.43 Å². The summed E-state index contributed by atoms with van der Waals surface area (Å²) in [6.07, 6.45) is 6.43. The van der Waals surface area contributed by atoms with E-state index in [1.807, 2.05) is 71.2 Å². The van der Waals surface area contributed by atoms with Crippen LogP contribution in [0.5, 0.6) is 0 Å². The fourth-order valence-electron chi connectivity index (χ4n) is 4.89.